The highest BCUT2D eigenvalue weighted by molar-refractivity contribution is 7.99. The van der Waals surface area contributed by atoms with Gasteiger partial charge >= 0.3 is 0 Å². The molecule has 0 aromatic carbocycles. The first kappa shape index (κ1) is 9.86. The first-order valence-corrected chi connectivity index (χ1v) is 5.41. The van der Waals surface area contributed by atoms with Crippen LogP contribution in [0.15, 0.2) is 0 Å². The minimum atomic E-state index is -0.214. The van der Waals surface area contributed by atoms with Crippen LogP contribution in [-0.2, 0) is 4.79 Å². The largest absolute Gasteiger partial charge is 0.368 e. The van der Waals surface area contributed by atoms with E-state index in [-0.39, 0.29) is 11.9 Å². The molecule has 3 nitrogen and oxygen atoms in total. The Morgan fingerprint density at radius 2 is 2.42 bits per heavy atom. The van der Waals surface area contributed by atoms with Gasteiger partial charge in [-0.25, -0.2) is 0 Å². The van der Waals surface area contributed by atoms with E-state index in [2.05, 4.69) is 11.8 Å². The van der Waals surface area contributed by atoms with Crippen LogP contribution in [0.25, 0.3) is 0 Å². The quantitative estimate of drug-likeness (QED) is 0.678. The minimum absolute atomic E-state index is 0.110. The highest BCUT2D eigenvalue weighted by Crippen LogP contribution is 2.17. The predicted molar refractivity (Wildman–Crippen MR) is 52.1 cm³/mol. The van der Waals surface area contributed by atoms with Gasteiger partial charge in [0.1, 0.15) is 0 Å². The lowest BCUT2D eigenvalue weighted by molar-refractivity contribution is -0.123. The number of hydrogen-bond donors (Lipinski definition) is 1. The average Bonchev–Trinajstić information content (AvgIpc) is 2.04. The number of carbonyl (C=O) groups excluding carboxylic acids is 1. The number of amides is 1. The van der Waals surface area contributed by atoms with Crippen LogP contribution in [0.4, 0.5) is 0 Å². The molecule has 2 atom stereocenters. The van der Waals surface area contributed by atoms with Crippen molar-refractivity contribution in [1.29, 1.82) is 0 Å². The summed E-state index contributed by atoms with van der Waals surface area (Å²) in [5.41, 5.74) is 5.24. The summed E-state index contributed by atoms with van der Waals surface area (Å²) in [4.78, 5) is 13.1. The Hall–Kier alpha value is -0.220. The summed E-state index contributed by atoms with van der Waals surface area (Å²) >= 11 is 1.94. The monoisotopic (exact) mass is 188 g/mol. The van der Waals surface area contributed by atoms with Crippen LogP contribution in [0.3, 0.4) is 0 Å². The Kier molecular flexibility index (Phi) is 3.40. The van der Waals surface area contributed by atoms with Gasteiger partial charge in [0.05, 0.1) is 6.04 Å². The Morgan fingerprint density at radius 3 is 2.92 bits per heavy atom. The second-order valence-corrected chi connectivity index (χ2v) is 4.39. The summed E-state index contributed by atoms with van der Waals surface area (Å²) in [6.07, 6.45) is 0. The third-order valence-corrected chi connectivity index (χ3v) is 3.52. The van der Waals surface area contributed by atoms with E-state index in [9.17, 15) is 4.79 Å². The van der Waals surface area contributed by atoms with E-state index in [1.54, 1.807) is 0 Å². The zero-order chi connectivity index (χ0) is 9.14. The van der Waals surface area contributed by atoms with Gasteiger partial charge in [-0.1, -0.05) is 0 Å². The maximum atomic E-state index is 10.9. The Balaban J connectivity index is 2.53. The van der Waals surface area contributed by atoms with Gasteiger partial charge < -0.3 is 5.73 Å². The number of nitrogens with two attached hydrogens (primary N) is 1. The van der Waals surface area contributed by atoms with Crippen molar-refractivity contribution in [2.45, 2.75) is 25.9 Å². The fraction of sp³-hybridized carbons (Fsp3) is 0.875. The molecule has 0 saturated carbocycles. The maximum Gasteiger partial charge on any atom is 0.234 e. The van der Waals surface area contributed by atoms with E-state index >= 15 is 0 Å². The van der Waals surface area contributed by atoms with Gasteiger partial charge in [-0.05, 0) is 13.8 Å². The molecule has 1 aliphatic rings. The summed E-state index contributed by atoms with van der Waals surface area (Å²) in [5, 5.41) is 0. The molecule has 1 aliphatic heterocycles. The van der Waals surface area contributed by atoms with Crippen LogP contribution < -0.4 is 5.73 Å². The van der Waals surface area contributed by atoms with Crippen LogP contribution in [0.2, 0.25) is 0 Å². The van der Waals surface area contributed by atoms with E-state index < -0.39 is 0 Å². The molecule has 0 aromatic rings. The molecule has 0 spiro atoms. The first-order chi connectivity index (χ1) is 5.63. The second-order valence-electron chi connectivity index (χ2n) is 3.24. The topological polar surface area (TPSA) is 46.3 Å². The molecule has 1 saturated heterocycles. The number of primary amides is 1. The van der Waals surface area contributed by atoms with Gasteiger partial charge in [0.25, 0.3) is 0 Å². The smallest absolute Gasteiger partial charge is 0.234 e. The summed E-state index contributed by atoms with van der Waals surface area (Å²) in [7, 11) is 0. The first-order valence-electron chi connectivity index (χ1n) is 4.25. The van der Waals surface area contributed by atoms with Crippen LogP contribution in [0, 0.1) is 0 Å². The van der Waals surface area contributed by atoms with Crippen molar-refractivity contribution in [2.75, 3.05) is 18.1 Å². The summed E-state index contributed by atoms with van der Waals surface area (Å²) in [6.45, 7) is 5.01. The van der Waals surface area contributed by atoms with Gasteiger partial charge in [-0.15, -0.1) is 0 Å². The van der Waals surface area contributed by atoms with E-state index in [0.717, 1.165) is 18.1 Å². The summed E-state index contributed by atoms with van der Waals surface area (Å²) in [6, 6.07) is 0.368. The number of hydrogen-bond acceptors (Lipinski definition) is 3. The number of rotatable bonds is 2. The van der Waals surface area contributed by atoms with Gasteiger partial charge in [0.15, 0.2) is 0 Å². The zero-order valence-electron chi connectivity index (χ0n) is 7.62. The predicted octanol–water partition coefficient (Wildman–Crippen LogP) is 0.297. The van der Waals surface area contributed by atoms with Gasteiger partial charge in [-0.3, -0.25) is 9.69 Å². The number of nitrogens with zero attached hydrogens (tertiary/aromatic N) is 1. The van der Waals surface area contributed by atoms with Crippen molar-refractivity contribution in [3.63, 3.8) is 0 Å². The van der Waals surface area contributed by atoms with E-state index in [1.165, 1.54) is 0 Å². The van der Waals surface area contributed by atoms with Crippen molar-refractivity contribution in [3.05, 3.63) is 0 Å². The van der Waals surface area contributed by atoms with Crippen LogP contribution in [0.5, 0.6) is 0 Å². The van der Waals surface area contributed by atoms with Crippen LogP contribution in [-0.4, -0.2) is 40.9 Å². The van der Waals surface area contributed by atoms with Gasteiger partial charge in [-0.2, -0.15) is 11.8 Å². The molecular formula is C8H16N2OS. The molecule has 0 aliphatic carbocycles. The zero-order valence-corrected chi connectivity index (χ0v) is 8.43. The number of thioether (sulfide) groups is 1. The van der Waals surface area contributed by atoms with Crippen molar-refractivity contribution < 1.29 is 4.79 Å². The third-order valence-electron chi connectivity index (χ3n) is 2.33. The molecule has 12 heavy (non-hydrogen) atoms. The molecule has 2 unspecified atom stereocenters. The lowest BCUT2D eigenvalue weighted by atomic mass is 10.2. The molecule has 0 bridgehead atoms. The normalized spacial score (nSPS) is 28.3. The second kappa shape index (κ2) is 4.14. The SMILES string of the molecule is CC1CSCCN1C(C)C(N)=O. The van der Waals surface area contributed by atoms with Crippen LogP contribution in [0.1, 0.15) is 13.8 Å². The van der Waals surface area contributed by atoms with Crippen molar-refractivity contribution in [3.8, 4) is 0 Å². The average molecular weight is 188 g/mol. The standard InChI is InChI=1S/C8H16N2OS/c1-6-5-12-4-3-10(6)7(2)8(9)11/h6-7H,3-5H2,1-2H3,(H2,9,11). The Bertz CT molecular complexity index is 174. The van der Waals surface area contributed by atoms with Gasteiger partial charge in [0.2, 0.25) is 5.91 Å². The highest BCUT2D eigenvalue weighted by atomic mass is 32.2. The Morgan fingerprint density at radius 1 is 1.75 bits per heavy atom. The maximum absolute atomic E-state index is 10.9. The molecule has 1 heterocycles. The fourth-order valence-electron chi connectivity index (χ4n) is 1.48. The van der Waals surface area contributed by atoms with E-state index in [4.69, 9.17) is 5.73 Å². The Labute approximate surface area is 77.7 Å². The minimum Gasteiger partial charge on any atom is -0.368 e. The molecule has 0 aromatic heterocycles. The molecule has 1 fully saturated rings. The third kappa shape index (κ3) is 2.14. The number of carbonyl (C=O) groups is 1. The lowest BCUT2D eigenvalue weighted by Crippen LogP contribution is -2.51. The molecular weight excluding hydrogens is 172 g/mol. The molecule has 1 amide bonds. The van der Waals surface area contributed by atoms with Gasteiger partial charge in [0, 0.05) is 24.1 Å². The molecule has 1 rings (SSSR count). The van der Waals surface area contributed by atoms with E-state index in [1.807, 2.05) is 18.7 Å². The molecule has 2 N–H and O–H groups in total. The molecule has 70 valence electrons. The lowest BCUT2D eigenvalue weighted by Gasteiger charge is -2.36. The van der Waals surface area contributed by atoms with Crippen molar-refractivity contribution >= 4 is 17.7 Å². The van der Waals surface area contributed by atoms with Crippen LogP contribution >= 0.6 is 11.8 Å². The fourth-order valence-corrected chi connectivity index (χ4v) is 2.52. The van der Waals surface area contributed by atoms with Crippen molar-refractivity contribution in [2.24, 2.45) is 5.73 Å². The highest BCUT2D eigenvalue weighted by Gasteiger charge is 2.26. The van der Waals surface area contributed by atoms with Crippen molar-refractivity contribution in [1.82, 2.24) is 4.90 Å². The van der Waals surface area contributed by atoms with E-state index in [0.29, 0.717) is 6.04 Å². The summed E-state index contributed by atoms with van der Waals surface area (Å²) in [5.74, 6) is 2.01. The molecule has 4 heteroatoms. The summed E-state index contributed by atoms with van der Waals surface area (Å²) < 4.78 is 0. The molecule has 0 radical (unpaired) electrons.